The van der Waals surface area contributed by atoms with Gasteiger partial charge in [-0.15, -0.1) is 0 Å². The highest BCUT2D eigenvalue weighted by atomic mass is 31.3. The SMILES string of the molecule is C[C@@]1(O)[C@H](O)C(OP(=O)(O)OP(=O)(O)OP(=O)(O)O)O[C@H]1n1cc2c3c(ncnc31)NCc1ccccc1-2. The highest BCUT2D eigenvalue weighted by Gasteiger charge is 2.57. The molecule has 20 heteroatoms. The van der Waals surface area contributed by atoms with Crippen molar-refractivity contribution in [2.75, 3.05) is 5.32 Å². The first kappa shape index (κ1) is 27.5. The summed E-state index contributed by atoms with van der Waals surface area (Å²) in [5.74, 6) is 0.489. The first-order valence-corrected chi connectivity index (χ1v) is 15.2. The third-order valence-electron chi connectivity index (χ3n) is 5.89. The molecule has 7 N–H and O–H groups in total. The normalized spacial score (nSPS) is 28.2. The maximum absolute atomic E-state index is 12.3. The highest BCUT2D eigenvalue weighted by molar-refractivity contribution is 7.66. The van der Waals surface area contributed by atoms with Crippen molar-refractivity contribution in [3.63, 3.8) is 0 Å². The summed E-state index contributed by atoms with van der Waals surface area (Å²) in [5, 5.41) is 25.6. The van der Waals surface area contributed by atoms with Crippen molar-refractivity contribution in [3.8, 4) is 11.1 Å². The monoisotopic (exact) mass is 594 g/mol. The van der Waals surface area contributed by atoms with Crippen LogP contribution in [0.3, 0.4) is 0 Å². The van der Waals surface area contributed by atoms with Crippen LogP contribution in [0.5, 0.6) is 0 Å². The molecule has 1 fully saturated rings. The molecule has 1 saturated heterocycles. The Morgan fingerprint density at radius 3 is 2.50 bits per heavy atom. The van der Waals surface area contributed by atoms with Gasteiger partial charge in [0.15, 0.2) is 6.23 Å². The number of aliphatic hydroxyl groups excluding tert-OH is 1. The molecule has 38 heavy (non-hydrogen) atoms. The summed E-state index contributed by atoms with van der Waals surface area (Å²) in [7, 11) is -17.1. The van der Waals surface area contributed by atoms with Gasteiger partial charge in [0.25, 0.3) is 0 Å². The topological polar surface area (TPSA) is 252 Å². The second kappa shape index (κ2) is 9.25. The van der Waals surface area contributed by atoms with Crippen LogP contribution in [0.25, 0.3) is 22.2 Å². The Hall–Kier alpha value is -2.07. The summed E-state index contributed by atoms with van der Waals surface area (Å²) in [6, 6.07) is 7.49. The maximum atomic E-state index is 12.3. The second-order valence-electron chi connectivity index (χ2n) is 8.61. The van der Waals surface area contributed by atoms with Crippen molar-refractivity contribution in [2.45, 2.75) is 37.7 Å². The molecule has 5 rings (SSSR count). The number of rotatable bonds is 7. The number of nitrogens with zero attached hydrogens (tertiary/aromatic N) is 3. The fourth-order valence-corrected chi connectivity index (χ4v) is 7.43. The number of anilines is 1. The van der Waals surface area contributed by atoms with Gasteiger partial charge in [0.05, 0.1) is 5.39 Å². The van der Waals surface area contributed by atoms with E-state index in [9.17, 15) is 33.7 Å². The largest absolute Gasteiger partial charge is 0.490 e. The number of hydrogen-bond donors (Lipinski definition) is 7. The predicted octanol–water partition coefficient (Wildman–Crippen LogP) is 1.33. The molecule has 2 aliphatic rings. The number of aliphatic hydroxyl groups is 2. The summed E-state index contributed by atoms with van der Waals surface area (Å²) >= 11 is 0. The summed E-state index contributed by atoms with van der Waals surface area (Å²) in [4.78, 5) is 45.2. The number of ether oxygens (including phenoxy) is 1. The van der Waals surface area contributed by atoms with E-state index >= 15 is 0 Å². The van der Waals surface area contributed by atoms with Gasteiger partial charge in [-0.05, 0) is 18.1 Å². The minimum atomic E-state index is -5.81. The van der Waals surface area contributed by atoms with E-state index in [0.717, 1.165) is 18.1 Å². The van der Waals surface area contributed by atoms with Gasteiger partial charge >= 0.3 is 23.5 Å². The van der Waals surface area contributed by atoms with E-state index in [1.54, 1.807) is 6.20 Å². The third-order valence-corrected chi connectivity index (χ3v) is 9.69. The zero-order chi connectivity index (χ0) is 27.7. The molecule has 2 aliphatic heterocycles. The van der Waals surface area contributed by atoms with Gasteiger partial charge in [-0.2, -0.15) is 8.62 Å². The lowest BCUT2D eigenvalue weighted by Crippen LogP contribution is -2.43. The van der Waals surface area contributed by atoms with Crippen LogP contribution in [-0.2, 0) is 38.1 Å². The lowest BCUT2D eigenvalue weighted by atomic mass is 9.99. The van der Waals surface area contributed by atoms with Crippen LogP contribution in [0, 0.1) is 0 Å². The summed E-state index contributed by atoms with van der Waals surface area (Å²) in [5.41, 5.74) is 0.517. The Morgan fingerprint density at radius 2 is 1.79 bits per heavy atom. The van der Waals surface area contributed by atoms with Gasteiger partial charge in [0, 0.05) is 18.3 Å². The minimum absolute atomic E-state index is 0.269. The lowest BCUT2D eigenvalue weighted by Gasteiger charge is -2.27. The van der Waals surface area contributed by atoms with E-state index in [1.807, 2.05) is 24.3 Å². The standard InChI is InChI=1S/C18H21N4O13P3/c1-18(24)13(23)16(33-37(28,29)35-38(30,31)34-36(25,26)27)32-17(18)22-7-11-10-5-3-2-4-9(10)6-19-14-12(11)15(22)21-8-20-14/h2-5,7-8,13,16-17,23-24H,6H2,1H3,(H,28,29)(H,30,31)(H,19,20,21)(H2,25,26,27)/t13-,16?,17-,18-/m1/s1. The summed E-state index contributed by atoms with van der Waals surface area (Å²) in [6.07, 6.45) is -2.78. The highest BCUT2D eigenvalue weighted by Crippen LogP contribution is 2.67. The van der Waals surface area contributed by atoms with Crippen LogP contribution < -0.4 is 5.32 Å². The fraction of sp³-hybridized carbons (Fsp3) is 0.333. The molecule has 0 aliphatic carbocycles. The predicted molar refractivity (Wildman–Crippen MR) is 126 cm³/mol. The van der Waals surface area contributed by atoms with E-state index in [0.29, 0.717) is 23.3 Å². The second-order valence-corrected chi connectivity index (χ2v) is 13.0. The van der Waals surface area contributed by atoms with Crippen LogP contribution >= 0.6 is 23.5 Å². The van der Waals surface area contributed by atoms with E-state index in [4.69, 9.17) is 14.5 Å². The van der Waals surface area contributed by atoms with Gasteiger partial charge in [-0.1, -0.05) is 24.3 Å². The van der Waals surface area contributed by atoms with Crippen molar-refractivity contribution in [2.24, 2.45) is 0 Å². The molecule has 0 saturated carbocycles. The van der Waals surface area contributed by atoms with Crippen molar-refractivity contribution in [1.82, 2.24) is 14.5 Å². The quantitative estimate of drug-likeness (QED) is 0.191. The van der Waals surface area contributed by atoms with Gasteiger partial charge < -0.3 is 44.4 Å². The van der Waals surface area contributed by atoms with Crippen molar-refractivity contribution in [3.05, 3.63) is 42.4 Å². The molecule has 2 aromatic heterocycles. The molecule has 0 amide bonds. The molecule has 3 aromatic rings. The van der Waals surface area contributed by atoms with Crippen LogP contribution in [0.4, 0.5) is 5.82 Å². The van der Waals surface area contributed by atoms with Crippen LogP contribution in [0.1, 0.15) is 18.7 Å². The molecule has 0 bridgehead atoms. The Kier molecular flexibility index (Phi) is 6.69. The van der Waals surface area contributed by atoms with Gasteiger partial charge in [-0.3, -0.25) is 4.52 Å². The number of phosphoric acid groups is 3. The van der Waals surface area contributed by atoms with Gasteiger partial charge in [0.2, 0.25) is 6.29 Å². The van der Waals surface area contributed by atoms with Crippen molar-refractivity contribution < 1.29 is 61.4 Å². The van der Waals surface area contributed by atoms with Gasteiger partial charge in [0.1, 0.15) is 29.5 Å². The summed E-state index contributed by atoms with van der Waals surface area (Å²) in [6.45, 7) is 1.63. The molecule has 6 atom stereocenters. The number of hydrogen-bond acceptors (Lipinski definition) is 12. The molecule has 206 valence electrons. The molecular weight excluding hydrogens is 573 g/mol. The van der Waals surface area contributed by atoms with Crippen molar-refractivity contribution >= 4 is 40.3 Å². The van der Waals surface area contributed by atoms with Crippen molar-refractivity contribution in [1.29, 1.82) is 0 Å². The average molecular weight is 594 g/mol. The summed E-state index contributed by atoms with van der Waals surface area (Å²) < 4.78 is 53.7. The molecule has 0 radical (unpaired) electrons. The number of benzene rings is 1. The third kappa shape index (κ3) is 5.10. The Bertz CT molecular complexity index is 1560. The first-order chi connectivity index (χ1) is 17.6. The average Bonchev–Trinajstić information content (AvgIpc) is 3.19. The van der Waals surface area contributed by atoms with Crippen LogP contribution in [0.2, 0.25) is 0 Å². The minimum Gasteiger partial charge on any atom is -0.385 e. The lowest BCUT2D eigenvalue weighted by molar-refractivity contribution is -0.134. The van der Waals surface area contributed by atoms with E-state index < -0.39 is 47.7 Å². The number of nitrogens with one attached hydrogen (secondary N) is 1. The Morgan fingerprint density at radius 1 is 1.08 bits per heavy atom. The number of fused-ring (bicyclic) bond motifs is 2. The van der Waals surface area contributed by atoms with Crippen LogP contribution in [0.15, 0.2) is 36.8 Å². The van der Waals surface area contributed by atoms with Crippen LogP contribution in [-0.4, -0.2) is 62.3 Å². The maximum Gasteiger partial charge on any atom is 0.490 e. The molecule has 1 aromatic carbocycles. The molecule has 17 nitrogen and oxygen atoms in total. The fourth-order valence-electron chi connectivity index (χ4n) is 4.34. The Labute approximate surface area is 213 Å². The van der Waals surface area contributed by atoms with E-state index in [1.165, 1.54) is 10.9 Å². The smallest absolute Gasteiger partial charge is 0.385 e. The Balaban J connectivity index is 1.49. The molecular formula is C18H21N4O13P3. The number of aromatic nitrogens is 3. The van der Waals surface area contributed by atoms with E-state index in [2.05, 4.69) is 28.4 Å². The number of phosphoric ester groups is 1. The molecule has 3 unspecified atom stereocenters. The zero-order valence-electron chi connectivity index (χ0n) is 19.1. The zero-order valence-corrected chi connectivity index (χ0v) is 21.8. The molecule has 4 heterocycles. The van der Waals surface area contributed by atoms with E-state index in [-0.39, 0.29) is 5.65 Å². The molecule has 0 spiro atoms. The first-order valence-electron chi connectivity index (χ1n) is 10.6. The van der Waals surface area contributed by atoms with Gasteiger partial charge in [-0.25, -0.2) is 23.7 Å².